The molecule has 116 valence electrons. The molecule has 0 radical (unpaired) electrons. The molecule has 0 saturated carbocycles. The van der Waals surface area contributed by atoms with Gasteiger partial charge >= 0.3 is 0 Å². The first-order valence-electron chi connectivity index (χ1n) is 6.53. The molecule has 0 aliphatic rings. The van der Waals surface area contributed by atoms with E-state index in [0.717, 1.165) is 11.8 Å². The zero-order valence-electron chi connectivity index (χ0n) is 11.7. The lowest BCUT2D eigenvalue weighted by molar-refractivity contribution is -0.113. The van der Waals surface area contributed by atoms with Crippen molar-refractivity contribution in [2.24, 2.45) is 0 Å². The zero-order valence-corrected chi connectivity index (χ0v) is 12.5. The van der Waals surface area contributed by atoms with Gasteiger partial charge in [-0.2, -0.15) is 0 Å². The molecule has 0 unspecified atom stereocenters. The fourth-order valence-corrected chi connectivity index (χ4v) is 2.20. The number of anilines is 1. The molecule has 1 aromatic carbocycles. The van der Waals surface area contributed by atoms with Crippen LogP contribution in [-0.2, 0) is 4.79 Å². The number of carbonyl (C=O) groups is 1. The maximum atomic E-state index is 11.8. The van der Waals surface area contributed by atoms with Crippen LogP contribution in [0.4, 0.5) is 5.95 Å². The zero-order chi connectivity index (χ0) is 16.1. The van der Waals surface area contributed by atoms with E-state index < -0.39 is 0 Å². The standard InChI is InChI=1S/C14H11N5O3S/c20-10-4-2-9(3-5-10)12-18-19-14(22-12)23-8-11(21)17-13-15-6-1-7-16-13/h1-7,20H,8H2,(H,15,16,17,21). The molecule has 1 amide bonds. The average Bonchev–Trinajstić information content (AvgIpc) is 3.04. The maximum absolute atomic E-state index is 11.8. The van der Waals surface area contributed by atoms with E-state index in [1.165, 1.54) is 24.5 Å². The van der Waals surface area contributed by atoms with E-state index in [9.17, 15) is 9.90 Å². The van der Waals surface area contributed by atoms with Gasteiger partial charge in [0.2, 0.25) is 17.7 Å². The van der Waals surface area contributed by atoms with Crippen molar-refractivity contribution in [1.29, 1.82) is 0 Å². The predicted octanol–water partition coefficient (Wildman–Crippen LogP) is 1.96. The van der Waals surface area contributed by atoms with E-state index in [1.807, 2.05) is 0 Å². The van der Waals surface area contributed by atoms with Gasteiger partial charge in [0.1, 0.15) is 5.75 Å². The van der Waals surface area contributed by atoms with Crippen molar-refractivity contribution in [1.82, 2.24) is 20.2 Å². The number of carbonyl (C=O) groups excluding carboxylic acids is 1. The number of thioether (sulfide) groups is 1. The first kappa shape index (κ1) is 15.0. The van der Waals surface area contributed by atoms with E-state index in [0.29, 0.717) is 11.5 Å². The Morgan fingerprint density at radius 3 is 2.65 bits per heavy atom. The van der Waals surface area contributed by atoms with Crippen LogP contribution in [-0.4, -0.2) is 36.9 Å². The van der Waals surface area contributed by atoms with Crippen LogP contribution in [0.25, 0.3) is 11.5 Å². The largest absolute Gasteiger partial charge is 0.508 e. The molecule has 23 heavy (non-hydrogen) atoms. The lowest BCUT2D eigenvalue weighted by Crippen LogP contribution is -2.15. The van der Waals surface area contributed by atoms with Gasteiger partial charge in [-0.05, 0) is 30.3 Å². The molecule has 0 fully saturated rings. The van der Waals surface area contributed by atoms with Crippen molar-refractivity contribution in [3.63, 3.8) is 0 Å². The van der Waals surface area contributed by atoms with Gasteiger partial charge in [-0.15, -0.1) is 10.2 Å². The number of nitrogens with zero attached hydrogens (tertiary/aromatic N) is 4. The van der Waals surface area contributed by atoms with Crippen LogP contribution in [0.1, 0.15) is 0 Å². The smallest absolute Gasteiger partial charge is 0.277 e. The highest BCUT2D eigenvalue weighted by molar-refractivity contribution is 7.99. The molecule has 9 heteroatoms. The summed E-state index contributed by atoms with van der Waals surface area (Å²) in [5.41, 5.74) is 0.685. The molecule has 0 atom stereocenters. The molecule has 3 aromatic rings. The predicted molar refractivity (Wildman–Crippen MR) is 82.8 cm³/mol. The Morgan fingerprint density at radius 1 is 1.17 bits per heavy atom. The summed E-state index contributed by atoms with van der Waals surface area (Å²) in [6, 6.07) is 8.04. The maximum Gasteiger partial charge on any atom is 0.277 e. The first-order valence-corrected chi connectivity index (χ1v) is 7.52. The lowest BCUT2D eigenvalue weighted by atomic mass is 10.2. The number of nitrogens with one attached hydrogen (secondary N) is 1. The van der Waals surface area contributed by atoms with Gasteiger partial charge in [0.05, 0.1) is 5.75 Å². The number of benzene rings is 1. The summed E-state index contributed by atoms with van der Waals surface area (Å²) < 4.78 is 5.46. The van der Waals surface area contributed by atoms with Crippen molar-refractivity contribution in [3.05, 3.63) is 42.7 Å². The van der Waals surface area contributed by atoms with Gasteiger partial charge in [-0.25, -0.2) is 9.97 Å². The number of hydrogen-bond acceptors (Lipinski definition) is 8. The minimum absolute atomic E-state index is 0.0927. The Kier molecular flexibility index (Phi) is 4.48. The number of rotatable bonds is 5. The molecule has 0 saturated heterocycles. The SMILES string of the molecule is O=C(CSc1nnc(-c2ccc(O)cc2)o1)Nc1ncccn1. The Balaban J connectivity index is 1.57. The first-order chi connectivity index (χ1) is 11.2. The van der Waals surface area contributed by atoms with Crippen molar-refractivity contribution >= 4 is 23.6 Å². The van der Waals surface area contributed by atoms with Crippen molar-refractivity contribution in [2.45, 2.75) is 5.22 Å². The molecule has 0 aliphatic carbocycles. The average molecular weight is 329 g/mol. The van der Waals surface area contributed by atoms with Crippen molar-refractivity contribution in [2.75, 3.05) is 11.1 Å². The molecule has 2 N–H and O–H groups in total. The van der Waals surface area contributed by atoms with E-state index in [2.05, 4.69) is 25.5 Å². The summed E-state index contributed by atoms with van der Waals surface area (Å²) in [7, 11) is 0. The van der Waals surface area contributed by atoms with Crippen LogP contribution in [0.5, 0.6) is 5.75 Å². The van der Waals surface area contributed by atoms with Gasteiger partial charge in [-0.1, -0.05) is 11.8 Å². The van der Waals surface area contributed by atoms with Gasteiger partial charge < -0.3 is 9.52 Å². The molecule has 3 rings (SSSR count). The fraction of sp³-hybridized carbons (Fsp3) is 0.0714. The van der Waals surface area contributed by atoms with Crippen molar-refractivity contribution in [3.8, 4) is 17.2 Å². The van der Waals surface area contributed by atoms with Gasteiger partial charge in [0.25, 0.3) is 5.22 Å². The van der Waals surface area contributed by atoms with E-state index >= 15 is 0 Å². The summed E-state index contributed by atoms with van der Waals surface area (Å²) in [6.07, 6.45) is 3.08. The van der Waals surface area contributed by atoms with Gasteiger partial charge in [-0.3, -0.25) is 10.1 Å². The van der Waals surface area contributed by atoms with Crippen molar-refractivity contribution < 1.29 is 14.3 Å². The van der Waals surface area contributed by atoms with Crippen LogP contribution in [0.3, 0.4) is 0 Å². The van der Waals surface area contributed by atoms with Crippen LogP contribution in [0.2, 0.25) is 0 Å². The Morgan fingerprint density at radius 2 is 1.91 bits per heavy atom. The molecule has 0 aliphatic heterocycles. The fourth-order valence-electron chi connectivity index (χ4n) is 1.64. The second kappa shape index (κ2) is 6.88. The lowest BCUT2D eigenvalue weighted by Gasteiger charge is -2.00. The molecular formula is C14H11N5O3S. The number of amides is 1. The van der Waals surface area contributed by atoms with Crippen LogP contribution < -0.4 is 5.32 Å². The van der Waals surface area contributed by atoms with E-state index in [1.54, 1.807) is 18.2 Å². The van der Waals surface area contributed by atoms with E-state index in [-0.39, 0.29) is 28.6 Å². The second-order valence-corrected chi connectivity index (χ2v) is 5.26. The molecule has 0 bridgehead atoms. The van der Waals surface area contributed by atoms with Crippen LogP contribution in [0.15, 0.2) is 52.4 Å². The Labute approximate surface area is 135 Å². The summed E-state index contributed by atoms with van der Waals surface area (Å²) in [5, 5.41) is 19.9. The highest BCUT2D eigenvalue weighted by Gasteiger charge is 2.11. The summed E-state index contributed by atoms with van der Waals surface area (Å²) in [4.78, 5) is 19.6. The normalized spacial score (nSPS) is 10.4. The molecule has 2 aromatic heterocycles. The minimum Gasteiger partial charge on any atom is -0.508 e. The van der Waals surface area contributed by atoms with Crippen LogP contribution >= 0.6 is 11.8 Å². The quantitative estimate of drug-likeness (QED) is 0.683. The van der Waals surface area contributed by atoms with Crippen LogP contribution in [0, 0.1) is 0 Å². The number of phenols is 1. The molecular weight excluding hydrogens is 318 g/mol. The number of hydrogen-bond donors (Lipinski definition) is 2. The topological polar surface area (TPSA) is 114 Å². The number of aromatic hydroxyl groups is 1. The highest BCUT2D eigenvalue weighted by atomic mass is 32.2. The molecule has 8 nitrogen and oxygen atoms in total. The third-order valence-electron chi connectivity index (χ3n) is 2.66. The summed E-state index contributed by atoms with van der Waals surface area (Å²) in [6.45, 7) is 0. The van der Waals surface area contributed by atoms with E-state index in [4.69, 9.17) is 4.42 Å². The third kappa shape index (κ3) is 4.04. The molecule has 0 spiro atoms. The second-order valence-electron chi connectivity index (χ2n) is 4.33. The summed E-state index contributed by atoms with van der Waals surface area (Å²) in [5.74, 6) is 0.538. The number of aromatic nitrogens is 4. The number of phenolic OH excluding ortho intramolecular Hbond substituents is 1. The summed E-state index contributed by atoms with van der Waals surface area (Å²) >= 11 is 1.11. The highest BCUT2D eigenvalue weighted by Crippen LogP contribution is 2.24. The minimum atomic E-state index is -0.273. The molecule has 2 heterocycles. The Bertz CT molecular complexity index is 792. The van der Waals surface area contributed by atoms with Gasteiger partial charge in [0.15, 0.2) is 0 Å². The van der Waals surface area contributed by atoms with Gasteiger partial charge in [0, 0.05) is 18.0 Å². The monoisotopic (exact) mass is 329 g/mol. The third-order valence-corrected chi connectivity index (χ3v) is 3.48. The Hall–Kier alpha value is -2.94.